The van der Waals surface area contributed by atoms with E-state index in [2.05, 4.69) is 20.2 Å². The van der Waals surface area contributed by atoms with Crippen molar-refractivity contribution in [3.05, 3.63) is 36.4 Å². The zero-order chi connectivity index (χ0) is 20.2. The van der Waals surface area contributed by atoms with Crippen LogP contribution in [0.1, 0.15) is 32.1 Å². The summed E-state index contributed by atoms with van der Waals surface area (Å²) in [5.74, 6) is -0.147. The minimum Gasteiger partial charge on any atom is -0.436 e. The lowest BCUT2D eigenvalue weighted by atomic mass is 10.1. The molecule has 9 heteroatoms. The van der Waals surface area contributed by atoms with E-state index in [9.17, 15) is 9.18 Å². The van der Waals surface area contributed by atoms with Gasteiger partial charge in [0.05, 0.1) is 6.17 Å². The van der Waals surface area contributed by atoms with Crippen LogP contribution in [0.4, 0.5) is 20.7 Å². The number of nitrogen functional groups attached to an aromatic ring is 1. The molecule has 1 aromatic carbocycles. The van der Waals surface area contributed by atoms with Gasteiger partial charge in [-0.15, -0.1) is 0 Å². The molecule has 2 fully saturated rings. The number of nitrogens with one attached hydrogen (secondary N) is 1. The fraction of sp³-hybridized carbons (Fsp3) is 0.450. The number of likely N-dealkylation sites (tertiary alicyclic amines) is 2. The number of aromatic nitrogens is 2. The van der Waals surface area contributed by atoms with Gasteiger partial charge in [-0.25, -0.2) is 19.2 Å². The molecule has 1 unspecified atom stereocenters. The Hall–Kier alpha value is -2.94. The van der Waals surface area contributed by atoms with E-state index in [1.54, 1.807) is 0 Å². The van der Waals surface area contributed by atoms with Gasteiger partial charge in [-0.2, -0.15) is 0 Å². The van der Waals surface area contributed by atoms with Gasteiger partial charge in [0.15, 0.2) is 11.6 Å². The first-order valence-electron chi connectivity index (χ1n) is 9.97. The third kappa shape index (κ3) is 4.56. The summed E-state index contributed by atoms with van der Waals surface area (Å²) in [7, 11) is 0. The lowest BCUT2D eigenvalue weighted by Crippen LogP contribution is -2.53. The molecular weight excluding hydrogens is 375 g/mol. The van der Waals surface area contributed by atoms with Gasteiger partial charge in [0.1, 0.15) is 12.1 Å². The molecule has 2 aromatic rings. The Bertz CT molecular complexity index is 874. The van der Waals surface area contributed by atoms with Crippen molar-refractivity contribution in [2.24, 2.45) is 0 Å². The highest BCUT2D eigenvalue weighted by Crippen LogP contribution is 2.27. The summed E-state index contributed by atoms with van der Waals surface area (Å²) in [6, 6.07) is 5.43. The van der Waals surface area contributed by atoms with Gasteiger partial charge >= 0.3 is 6.03 Å². The number of ether oxygens (including phenoxy) is 1. The zero-order valence-corrected chi connectivity index (χ0v) is 16.2. The molecule has 2 aliphatic heterocycles. The smallest absolute Gasteiger partial charge is 0.324 e. The van der Waals surface area contributed by atoms with Crippen LogP contribution >= 0.6 is 0 Å². The average molecular weight is 400 g/mol. The molecule has 2 aliphatic rings. The SMILES string of the molecule is Nc1ccc(Oc2cc(NC(=O)N3CCCCC3N3CCCC3)ncn2)c(F)c1. The molecule has 4 rings (SSSR count). The van der Waals surface area contributed by atoms with E-state index in [0.717, 1.165) is 38.9 Å². The van der Waals surface area contributed by atoms with Crippen molar-refractivity contribution >= 4 is 17.5 Å². The van der Waals surface area contributed by atoms with E-state index >= 15 is 0 Å². The molecule has 3 N–H and O–H groups in total. The maximum absolute atomic E-state index is 14.0. The summed E-state index contributed by atoms with van der Waals surface area (Å²) in [6.45, 7) is 2.79. The van der Waals surface area contributed by atoms with Gasteiger partial charge in [0.2, 0.25) is 5.88 Å². The molecule has 154 valence electrons. The Morgan fingerprint density at radius 1 is 1.14 bits per heavy atom. The highest BCUT2D eigenvalue weighted by molar-refractivity contribution is 5.88. The van der Waals surface area contributed by atoms with E-state index in [4.69, 9.17) is 10.5 Å². The molecule has 0 radical (unpaired) electrons. The first kappa shape index (κ1) is 19.4. The average Bonchev–Trinajstić information content (AvgIpc) is 3.25. The second kappa shape index (κ2) is 8.60. The van der Waals surface area contributed by atoms with Gasteiger partial charge in [-0.3, -0.25) is 10.2 Å². The van der Waals surface area contributed by atoms with E-state index < -0.39 is 5.82 Å². The van der Waals surface area contributed by atoms with Crippen molar-refractivity contribution in [1.82, 2.24) is 19.8 Å². The second-order valence-corrected chi connectivity index (χ2v) is 7.38. The Kier molecular flexibility index (Phi) is 5.75. The van der Waals surface area contributed by atoms with Crippen molar-refractivity contribution in [3.63, 3.8) is 0 Å². The maximum Gasteiger partial charge on any atom is 0.324 e. The van der Waals surface area contributed by atoms with Crippen molar-refractivity contribution in [3.8, 4) is 11.6 Å². The van der Waals surface area contributed by atoms with Crippen LogP contribution in [0.15, 0.2) is 30.6 Å². The number of anilines is 2. The topological polar surface area (TPSA) is 96.6 Å². The number of amides is 2. The zero-order valence-electron chi connectivity index (χ0n) is 16.2. The van der Waals surface area contributed by atoms with Gasteiger partial charge in [0.25, 0.3) is 0 Å². The van der Waals surface area contributed by atoms with Crippen molar-refractivity contribution in [2.45, 2.75) is 38.3 Å². The monoisotopic (exact) mass is 400 g/mol. The summed E-state index contributed by atoms with van der Waals surface area (Å²) in [5, 5.41) is 2.83. The first-order chi connectivity index (χ1) is 14.1. The number of carbonyl (C=O) groups excluding carboxylic acids is 1. The number of benzene rings is 1. The van der Waals surface area contributed by atoms with Crippen molar-refractivity contribution in [1.29, 1.82) is 0 Å². The first-order valence-corrected chi connectivity index (χ1v) is 9.97. The van der Waals surface area contributed by atoms with Crippen LogP contribution < -0.4 is 15.8 Å². The van der Waals surface area contributed by atoms with Crippen LogP contribution in [-0.4, -0.2) is 51.6 Å². The number of hydrogen-bond donors (Lipinski definition) is 2. The molecule has 0 aliphatic carbocycles. The predicted molar refractivity (Wildman–Crippen MR) is 107 cm³/mol. The Labute approximate surface area is 168 Å². The molecule has 8 nitrogen and oxygen atoms in total. The van der Waals surface area contributed by atoms with Crippen LogP contribution in [0.5, 0.6) is 11.6 Å². The summed E-state index contributed by atoms with van der Waals surface area (Å²) < 4.78 is 19.4. The number of piperidine rings is 1. The number of halogens is 1. The largest absolute Gasteiger partial charge is 0.436 e. The summed E-state index contributed by atoms with van der Waals surface area (Å²) in [5.41, 5.74) is 5.86. The lowest BCUT2D eigenvalue weighted by Gasteiger charge is -2.40. The standard InChI is InChI=1S/C20H25FN6O2/c21-15-11-14(22)6-7-16(15)29-18-12-17(23-13-24-18)25-20(28)27-10-2-1-5-19(27)26-8-3-4-9-26/h6-7,11-13,19H,1-5,8-10,22H2,(H,23,24,25,28). The molecular formula is C20H25FN6O2. The minimum atomic E-state index is -0.587. The number of rotatable bonds is 4. The summed E-state index contributed by atoms with van der Waals surface area (Å²) in [6.07, 6.45) is 6.87. The van der Waals surface area contributed by atoms with Crippen molar-refractivity contribution < 1.29 is 13.9 Å². The fourth-order valence-electron chi connectivity index (χ4n) is 3.93. The normalized spacial score (nSPS) is 19.9. The Morgan fingerprint density at radius 2 is 1.93 bits per heavy atom. The maximum atomic E-state index is 14.0. The van der Waals surface area contributed by atoms with Gasteiger partial charge in [-0.1, -0.05) is 0 Å². The van der Waals surface area contributed by atoms with Crippen LogP contribution in [0.25, 0.3) is 0 Å². The highest BCUT2D eigenvalue weighted by atomic mass is 19.1. The molecule has 1 atom stereocenters. The molecule has 2 saturated heterocycles. The van der Waals surface area contributed by atoms with Gasteiger partial charge in [0, 0.05) is 37.5 Å². The predicted octanol–water partition coefficient (Wildman–Crippen LogP) is 3.43. The minimum absolute atomic E-state index is 0.000282. The molecule has 0 spiro atoms. The number of urea groups is 1. The molecule has 0 bridgehead atoms. The molecule has 29 heavy (non-hydrogen) atoms. The quantitative estimate of drug-likeness (QED) is 0.764. The van der Waals surface area contributed by atoms with Crippen LogP contribution in [0.3, 0.4) is 0 Å². The lowest BCUT2D eigenvalue weighted by molar-refractivity contribution is 0.0598. The summed E-state index contributed by atoms with van der Waals surface area (Å²) >= 11 is 0. The molecule has 3 heterocycles. The third-order valence-corrected chi connectivity index (χ3v) is 5.34. The summed E-state index contributed by atoms with van der Waals surface area (Å²) in [4.78, 5) is 25.3. The van der Waals surface area contributed by atoms with Crippen LogP contribution in [-0.2, 0) is 0 Å². The second-order valence-electron chi connectivity index (χ2n) is 7.38. The van der Waals surface area contributed by atoms with Gasteiger partial charge in [-0.05, 0) is 44.2 Å². The number of nitrogens with zero attached hydrogens (tertiary/aromatic N) is 4. The Morgan fingerprint density at radius 3 is 2.72 bits per heavy atom. The van der Waals surface area contributed by atoms with E-state index in [0.29, 0.717) is 11.5 Å². The third-order valence-electron chi connectivity index (χ3n) is 5.34. The van der Waals surface area contributed by atoms with Crippen molar-refractivity contribution in [2.75, 3.05) is 30.7 Å². The number of nitrogens with two attached hydrogens (primary N) is 1. The number of carbonyl (C=O) groups is 1. The fourth-order valence-corrected chi connectivity index (χ4v) is 3.93. The van der Waals surface area contributed by atoms with E-state index in [-0.39, 0.29) is 23.8 Å². The Balaban J connectivity index is 1.44. The van der Waals surface area contributed by atoms with Crippen LogP contribution in [0, 0.1) is 5.82 Å². The number of hydrogen-bond acceptors (Lipinski definition) is 6. The molecule has 0 saturated carbocycles. The van der Waals surface area contributed by atoms with Gasteiger partial charge < -0.3 is 15.4 Å². The van der Waals surface area contributed by atoms with E-state index in [1.807, 2.05) is 4.90 Å². The highest BCUT2D eigenvalue weighted by Gasteiger charge is 2.32. The molecule has 1 aromatic heterocycles. The van der Waals surface area contributed by atoms with Crippen LogP contribution in [0.2, 0.25) is 0 Å². The van der Waals surface area contributed by atoms with E-state index in [1.165, 1.54) is 43.4 Å². The molecule has 2 amide bonds.